The van der Waals surface area contributed by atoms with Crippen molar-refractivity contribution in [3.8, 4) is 0 Å². The van der Waals surface area contributed by atoms with Crippen molar-refractivity contribution < 1.29 is 0 Å². The Morgan fingerprint density at radius 2 is 1.69 bits per heavy atom. The van der Waals surface area contributed by atoms with Gasteiger partial charge < -0.3 is 5.73 Å². The van der Waals surface area contributed by atoms with Crippen LogP contribution in [0.2, 0.25) is 10.0 Å². The maximum absolute atomic E-state index is 6.16. The highest BCUT2D eigenvalue weighted by Crippen LogP contribution is 2.44. The van der Waals surface area contributed by atoms with E-state index in [2.05, 4.69) is 0 Å². The smallest absolute Gasteiger partial charge is 0.0471 e. The molecule has 1 aliphatic rings. The van der Waals surface area contributed by atoms with E-state index in [1.54, 1.807) is 0 Å². The standard InChI is InChI=1S/C10H11Cl2N/c11-7-3-1-4-8(12)9(7)10(13)5-2-6-10/h1,3-4H,2,5-6,13H2. The molecule has 13 heavy (non-hydrogen) atoms. The Bertz CT molecular complexity index is 311. The predicted octanol–water partition coefficient (Wildman–Crippen LogP) is 3.33. The minimum Gasteiger partial charge on any atom is -0.321 e. The molecule has 1 aromatic rings. The largest absolute Gasteiger partial charge is 0.321 e. The molecule has 70 valence electrons. The number of rotatable bonds is 1. The first-order valence-electron chi connectivity index (χ1n) is 4.37. The molecule has 1 aromatic carbocycles. The Labute approximate surface area is 87.8 Å². The Morgan fingerprint density at radius 3 is 2.08 bits per heavy atom. The summed E-state index contributed by atoms with van der Waals surface area (Å²) in [7, 11) is 0. The Balaban J connectivity index is 2.49. The van der Waals surface area contributed by atoms with Crippen molar-refractivity contribution in [1.82, 2.24) is 0 Å². The topological polar surface area (TPSA) is 26.0 Å². The lowest BCUT2D eigenvalue weighted by Gasteiger charge is -2.39. The van der Waals surface area contributed by atoms with Crippen LogP contribution in [-0.4, -0.2) is 0 Å². The molecule has 2 rings (SSSR count). The van der Waals surface area contributed by atoms with Gasteiger partial charge in [0.2, 0.25) is 0 Å². The number of benzene rings is 1. The van der Waals surface area contributed by atoms with Gasteiger partial charge in [0.15, 0.2) is 0 Å². The second-order valence-corrected chi connectivity index (χ2v) is 4.42. The molecule has 0 amide bonds. The summed E-state index contributed by atoms with van der Waals surface area (Å²) in [5, 5.41) is 1.38. The summed E-state index contributed by atoms with van der Waals surface area (Å²) in [6.07, 6.45) is 3.13. The average molecular weight is 216 g/mol. The number of hydrogen-bond donors (Lipinski definition) is 1. The number of hydrogen-bond acceptors (Lipinski definition) is 1. The first-order chi connectivity index (χ1) is 6.13. The zero-order chi connectivity index (χ0) is 9.47. The van der Waals surface area contributed by atoms with Crippen molar-refractivity contribution in [2.45, 2.75) is 24.8 Å². The lowest BCUT2D eigenvalue weighted by molar-refractivity contribution is 0.254. The highest BCUT2D eigenvalue weighted by Gasteiger charge is 2.37. The molecule has 1 saturated carbocycles. The van der Waals surface area contributed by atoms with Gasteiger partial charge in [0.25, 0.3) is 0 Å². The zero-order valence-corrected chi connectivity index (χ0v) is 8.70. The van der Waals surface area contributed by atoms with E-state index < -0.39 is 0 Å². The van der Waals surface area contributed by atoms with Gasteiger partial charge in [-0.3, -0.25) is 0 Å². The molecule has 0 atom stereocenters. The van der Waals surface area contributed by atoms with Crippen molar-refractivity contribution in [3.05, 3.63) is 33.8 Å². The van der Waals surface area contributed by atoms with Crippen LogP contribution in [0.3, 0.4) is 0 Å². The molecule has 1 fully saturated rings. The summed E-state index contributed by atoms with van der Waals surface area (Å²) < 4.78 is 0. The highest BCUT2D eigenvalue weighted by atomic mass is 35.5. The fraction of sp³-hybridized carbons (Fsp3) is 0.400. The summed E-state index contributed by atoms with van der Waals surface area (Å²) in [4.78, 5) is 0. The average Bonchev–Trinajstić information content (AvgIpc) is 2.01. The van der Waals surface area contributed by atoms with Crippen LogP contribution in [0.25, 0.3) is 0 Å². The molecule has 1 aliphatic carbocycles. The molecule has 0 spiro atoms. The summed E-state index contributed by atoms with van der Waals surface area (Å²) in [5.74, 6) is 0. The van der Waals surface area contributed by atoms with Crippen LogP contribution in [0.1, 0.15) is 24.8 Å². The van der Waals surface area contributed by atoms with Gasteiger partial charge in [-0.1, -0.05) is 29.3 Å². The van der Waals surface area contributed by atoms with Gasteiger partial charge in [-0.2, -0.15) is 0 Å². The summed E-state index contributed by atoms with van der Waals surface area (Å²) in [6.45, 7) is 0. The second-order valence-electron chi connectivity index (χ2n) is 3.61. The fourth-order valence-electron chi connectivity index (χ4n) is 1.78. The molecule has 0 aromatic heterocycles. The van der Waals surface area contributed by atoms with E-state index in [9.17, 15) is 0 Å². The minimum atomic E-state index is -0.268. The SMILES string of the molecule is NC1(c2c(Cl)cccc2Cl)CCC1. The van der Waals surface area contributed by atoms with Crippen LogP contribution in [0.5, 0.6) is 0 Å². The van der Waals surface area contributed by atoms with E-state index in [0.29, 0.717) is 10.0 Å². The van der Waals surface area contributed by atoms with Gasteiger partial charge in [-0.05, 0) is 31.4 Å². The van der Waals surface area contributed by atoms with Gasteiger partial charge in [0.05, 0.1) is 0 Å². The van der Waals surface area contributed by atoms with Crippen molar-refractivity contribution in [1.29, 1.82) is 0 Å². The molecule has 1 nitrogen and oxygen atoms in total. The van der Waals surface area contributed by atoms with Gasteiger partial charge in [0, 0.05) is 21.1 Å². The Morgan fingerprint density at radius 1 is 1.15 bits per heavy atom. The normalized spacial score (nSPS) is 19.6. The first kappa shape index (κ1) is 9.32. The minimum absolute atomic E-state index is 0.268. The van der Waals surface area contributed by atoms with E-state index in [1.165, 1.54) is 0 Å². The van der Waals surface area contributed by atoms with E-state index in [0.717, 1.165) is 24.8 Å². The second kappa shape index (κ2) is 3.16. The predicted molar refractivity (Wildman–Crippen MR) is 56.2 cm³/mol. The van der Waals surface area contributed by atoms with Crippen molar-refractivity contribution in [2.75, 3.05) is 0 Å². The maximum Gasteiger partial charge on any atom is 0.0471 e. The van der Waals surface area contributed by atoms with Gasteiger partial charge >= 0.3 is 0 Å². The van der Waals surface area contributed by atoms with Crippen LogP contribution in [0.15, 0.2) is 18.2 Å². The van der Waals surface area contributed by atoms with Crippen molar-refractivity contribution in [2.24, 2.45) is 5.73 Å². The quantitative estimate of drug-likeness (QED) is 0.765. The monoisotopic (exact) mass is 215 g/mol. The highest BCUT2D eigenvalue weighted by molar-refractivity contribution is 6.36. The van der Waals surface area contributed by atoms with Crippen LogP contribution in [0, 0.1) is 0 Å². The lowest BCUT2D eigenvalue weighted by Crippen LogP contribution is -2.43. The molecule has 0 heterocycles. The first-order valence-corrected chi connectivity index (χ1v) is 5.12. The maximum atomic E-state index is 6.16. The Hall–Kier alpha value is -0.240. The molecule has 0 aliphatic heterocycles. The molecule has 0 radical (unpaired) electrons. The third-order valence-electron chi connectivity index (χ3n) is 2.71. The van der Waals surface area contributed by atoms with Gasteiger partial charge in [-0.25, -0.2) is 0 Å². The molecule has 2 N–H and O–H groups in total. The van der Waals surface area contributed by atoms with Crippen LogP contribution in [0.4, 0.5) is 0 Å². The number of halogens is 2. The third-order valence-corrected chi connectivity index (χ3v) is 3.34. The van der Waals surface area contributed by atoms with E-state index in [-0.39, 0.29) is 5.54 Å². The van der Waals surface area contributed by atoms with Gasteiger partial charge in [0.1, 0.15) is 0 Å². The third kappa shape index (κ3) is 1.45. The van der Waals surface area contributed by atoms with E-state index >= 15 is 0 Å². The van der Waals surface area contributed by atoms with Crippen LogP contribution in [-0.2, 0) is 5.54 Å². The number of nitrogens with two attached hydrogens (primary N) is 1. The fourth-order valence-corrected chi connectivity index (χ4v) is 2.55. The molecule has 0 saturated heterocycles. The van der Waals surface area contributed by atoms with Crippen molar-refractivity contribution >= 4 is 23.2 Å². The van der Waals surface area contributed by atoms with E-state index in [1.807, 2.05) is 18.2 Å². The lowest BCUT2D eigenvalue weighted by atomic mass is 9.73. The van der Waals surface area contributed by atoms with Crippen LogP contribution < -0.4 is 5.73 Å². The summed E-state index contributed by atoms with van der Waals surface area (Å²) in [5.41, 5.74) is 6.81. The van der Waals surface area contributed by atoms with Crippen molar-refractivity contribution in [3.63, 3.8) is 0 Å². The molecule has 0 unspecified atom stereocenters. The van der Waals surface area contributed by atoms with Crippen LogP contribution >= 0.6 is 23.2 Å². The summed E-state index contributed by atoms with van der Waals surface area (Å²) >= 11 is 12.1. The summed E-state index contributed by atoms with van der Waals surface area (Å²) in [6, 6.07) is 5.53. The molecule has 3 heteroatoms. The molecular formula is C10H11Cl2N. The van der Waals surface area contributed by atoms with E-state index in [4.69, 9.17) is 28.9 Å². The molecular weight excluding hydrogens is 205 g/mol. The van der Waals surface area contributed by atoms with Gasteiger partial charge in [-0.15, -0.1) is 0 Å². The molecule has 0 bridgehead atoms. The Kier molecular flexibility index (Phi) is 2.26. The zero-order valence-electron chi connectivity index (χ0n) is 7.19.